The maximum Gasteiger partial charge on any atom is 0.251 e. The molecule has 1 amide bonds. The Hall–Kier alpha value is -2.83. The molecule has 0 atom stereocenters. The monoisotopic (exact) mass is 547 g/mol. The number of rotatable bonds is 9. The zero-order chi connectivity index (χ0) is 24.8. The molecule has 0 unspecified atom stereocenters. The molecule has 1 heterocycles. The van der Waals surface area contributed by atoms with Crippen molar-refractivity contribution in [2.24, 2.45) is 0 Å². The van der Waals surface area contributed by atoms with Crippen LogP contribution in [-0.4, -0.2) is 27.8 Å². The first-order valence-electron chi connectivity index (χ1n) is 11.9. The summed E-state index contributed by atoms with van der Waals surface area (Å²) in [5, 5.41) is 4.03. The number of carbonyl (C=O) groups excluding carboxylic acids is 1. The fraction of sp³-hybridized carbons (Fsp3) is 0.241. The summed E-state index contributed by atoms with van der Waals surface area (Å²) in [6.45, 7) is 7.84. The highest BCUT2D eigenvalue weighted by atomic mass is 79.9. The summed E-state index contributed by atoms with van der Waals surface area (Å²) in [7, 11) is 0. The number of nitrogens with one attached hydrogen (secondary N) is 1. The van der Waals surface area contributed by atoms with E-state index in [1.54, 1.807) is 11.8 Å². The summed E-state index contributed by atoms with van der Waals surface area (Å²) >= 11 is 5.16. The van der Waals surface area contributed by atoms with E-state index in [0.717, 1.165) is 45.3 Å². The average Bonchev–Trinajstić information content (AvgIpc) is 3.23. The van der Waals surface area contributed by atoms with E-state index >= 15 is 0 Å². The molecule has 4 rings (SSSR count). The van der Waals surface area contributed by atoms with E-state index in [0.29, 0.717) is 12.1 Å². The Kier molecular flexibility index (Phi) is 8.47. The van der Waals surface area contributed by atoms with Crippen molar-refractivity contribution in [1.82, 2.24) is 14.9 Å². The van der Waals surface area contributed by atoms with Gasteiger partial charge in [-0.1, -0.05) is 93.4 Å². The number of halogens is 1. The second-order valence-corrected chi connectivity index (χ2v) is 10.5. The Balaban J connectivity index is 1.50. The predicted octanol–water partition coefficient (Wildman–Crippen LogP) is 7.53. The molecule has 4 aromatic rings. The molecule has 0 saturated heterocycles. The van der Waals surface area contributed by atoms with Crippen LogP contribution in [0.5, 0.6) is 0 Å². The van der Waals surface area contributed by atoms with Crippen LogP contribution in [-0.2, 0) is 6.54 Å². The van der Waals surface area contributed by atoms with Crippen molar-refractivity contribution in [2.75, 3.05) is 12.3 Å². The topological polar surface area (TPSA) is 46.9 Å². The lowest BCUT2D eigenvalue weighted by Crippen LogP contribution is -2.24. The van der Waals surface area contributed by atoms with Crippen LogP contribution >= 0.6 is 27.7 Å². The average molecular weight is 549 g/mol. The molecular formula is C29H30BrN3OS. The minimum absolute atomic E-state index is 0.0466. The molecule has 0 spiro atoms. The first-order valence-corrected chi connectivity index (χ1v) is 13.6. The third kappa shape index (κ3) is 6.24. The number of hydrogen-bond acceptors (Lipinski definition) is 3. The molecule has 0 saturated carbocycles. The number of carbonyl (C=O) groups is 1. The molecule has 4 nitrogen and oxygen atoms in total. The third-order valence-electron chi connectivity index (χ3n) is 5.82. The van der Waals surface area contributed by atoms with Gasteiger partial charge in [0.2, 0.25) is 0 Å². The Morgan fingerprint density at radius 2 is 1.63 bits per heavy atom. The van der Waals surface area contributed by atoms with Gasteiger partial charge in [0.25, 0.3) is 5.91 Å². The van der Waals surface area contributed by atoms with Crippen LogP contribution in [0, 0.1) is 13.8 Å². The van der Waals surface area contributed by atoms with Gasteiger partial charge in [0, 0.05) is 40.0 Å². The molecule has 0 fully saturated rings. The summed E-state index contributed by atoms with van der Waals surface area (Å²) in [4.78, 5) is 17.5. The number of aromatic nitrogens is 2. The van der Waals surface area contributed by atoms with Gasteiger partial charge in [0.05, 0.1) is 11.4 Å². The van der Waals surface area contributed by atoms with Crippen molar-refractivity contribution in [3.63, 3.8) is 0 Å². The third-order valence-corrected chi connectivity index (χ3v) is 7.38. The lowest BCUT2D eigenvalue weighted by Gasteiger charge is -2.11. The molecule has 0 bridgehead atoms. The number of imidazole rings is 1. The van der Waals surface area contributed by atoms with Crippen LogP contribution in [0.3, 0.4) is 0 Å². The van der Waals surface area contributed by atoms with Gasteiger partial charge in [0.15, 0.2) is 5.16 Å². The van der Waals surface area contributed by atoms with Gasteiger partial charge in [0.1, 0.15) is 0 Å². The highest BCUT2D eigenvalue weighted by Crippen LogP contribution is 2.36. The van der Waals surface area contributed by atoms with Crippen molar-refractivity contribution < 1.29 is 4.79 Å². The smallest absolute Gasteiger partial charge is 0.251 e. The van der Waals surface area contributed by atoms with Gasteiger partial charge in [-0.05, 0) is 45.4 Å². The van der Waals surface area contributed by atoms with E-state index in [1.807, 2.05) is 24.3 Å². The largest absolute Gasteiger partial charge is 0.352 e. The summed E-state index contributed by atoms with van der Waals surface area (Å²) in [5.74, 6) is 0.825. The molecule has 3 aromatic carbocycles. The highest BCUT2D eigenvalue weighted by Gasteiger charge is 2.19. The summed E-state index contributed by atoms with van der Waals surface area (Å²) in [6.07, 6.45) is 0.862. The van der Waals surface area contributed by atoms with Crippen molar-refractivity contribution in [3.05, 3.63) is 94.0 Å². The molecule has 180 valence electrons. The summed E-state index contributed by atoms with van der Waals surface area (Å²) < 4.78 is 3.21. The molecule has 1 N–H and O–H groups in total. The molecule has 0 aliphatic carbocycles. The minimum Gasteiger partial charge on any atom is -0.352 e. The standard InChI is InChI=1S/C29H30BrN3OS/c1-4-33-27(23-15-11-21(3)12-16-23)26(22-13-9-20(2)10-14-22)32-29(33)35-18-6-17-31-28(34)24-7-5-8-25(30)19-24/h5,7-16,19H,4,6,17-18H2,1-3H3,(H,31,34). The fourth-order valence-electron chi connectivity index (χ4n) is 3.92. The Bertz CT molecular complexity index is 1300. The van der Waals surface area contributed by atoms with E-state index in [9.17, 15) is 4.79 Å². The molecule has 1 aromatic heterocycles. The van der Waals surface area contributed by atoms with E-state index in [2.05, 4.69) is 95.1 Å². The van der Waals surface area contributed by atoms with Gasteiger partial charge >= 0.3 is 0 Å². The van der Waals surface area contributed by atoms with Crippen LogP contribution in [0.1, 0.15) is 34.8 Å². The van der Waals surface area contributed by atoms with Crippen LogP contribution in [0.2, 0.25) is 0 Å². The van der Waals surface area contributed by atoms with Crippen molar-refractivity contribution in [3.8, 4) is 22.5 Å². The first kappa shape index (κ1) is 25.3. The Labute approximate surface area is 220 Å². The second-order valence-electron chi connectivity index (χ2n) is 8.54. The van der Waals surface area contributed by atoms with Gasteiger partial charge in [-0.25, -0.2) is 4.98 Å². The molecule has 6 heteroatoms. The Morgan fingerprint density at radius 1 is 0.971 bits per heavy atom. The van der Waals surface area contributed by atoms with Gasteiger partial charge in [-0.3, -0.25) is 4.79 Å². The van der Waals surface area contributed by atoms with E-state index in [1.165, 1.54) is 16.7 Å². The van der Waals surface area contributed by atoms with Gasteiger partial charge in [-0.15, -0.1) is 0 Å². The SMILES string of the molecule is CCn1c(SCCCNC(=O)c2cccc(Br)c2)nc(-c2ccc(C)cc2)c1-c1ccc(C)cc1. The van der Waals surface area contributed by atoms with E-state index in [4.69, 9.17) is 4.98 Å². The van der Waals surface area contributed by atoms with Crippen LogP contribution in [0.25, 0.3) is 22.5 Å². The lowest BCUT2D eigenvalue weighted by atomic mass is 10.0. The highest BCUT2D eigenvalue weighted by molar-refractivity contribution is 9.10. The number of thioether (sulfide) groups is 1. The number of nitrogens with zero attached hydrogens (tertiary/aromatic N) is 2. The molecular weight excluding hydrogens is 518 g/mol. The zero-order valence-corrected chi connectivity index (χ0v) is 22.7. The number of amides is 1. The second kappa shape index (κ2) is 11.7. The zero-order valence-electron chi connectivity index (χ0n) is 20.3. The maximum absolute atomic E-state index is 12.4. The molecule has 35 heavy (non-hydrogen) atoms. The Morgan fingerprint density at radius 3 is 2.26 bits per heavy atom. The van der Waals surface area contributed by atoms with E-state index < -0.39 is 0 Å². The quantitative estimate of drug-likeness (QED) is 0.174. The number of benzene rings is 3. The molecule has 0 aliphatic heterocycles. The molecule has 0 aliphatic rings. The summed E-state index contributed by atoms with van der Waals surface area (Å²) in [6, 6.07) is 24.7. The predicted molar refractivity (Wildman–Crippen MR) is 150 cm³/mol. The minimum atomic E-state index is -0.0466. The summed E-state index contributed by atoms with van der Waals surface area (Å²) in [5.41, 5.74) is 7.62. The van der Waals surface area contributed by atoms with E-state index in [-0.39, 0.29) is 5.91 Å². The van der Waals surface area contributed by atoms with Crippen LogP contribution in [0.4, 0.5) is 0 Å². The van der Waals surface area contributed by atoms with Gasteiger partial charge < -0.3 is 9.88 Å². The maximum atomic E-state index is 12.4. The first-order chi connectivity index (χ1) is 17.0. The fourth-order valence-corrected chi connectivity index (χ4v) is 5.32. The van der Waals surface area contributed by atoms with Crippen molar-refractivity contribution in [2.45, 2.75) is 38.9 Å². The van der Waals surface area contributed by atoms with Crippen molar-refractivity contribution in [1.29, 1.82) is 0 Å². The van der Waals surface area contributed by atoms with Crippen molar-refractivity contribution >= 4 is 33.6 Å². The lowest BCUT2D eigenvalue weighted by molar-refractivity contribution is 0.0953. The van der Waals surface area contributed by atoms with Gasteiger partial charge in [-0.2, -0.15) is 0 Å². The van der Waals surface area contributed by atoms with Crippen LogP contribution < -0.4 is 5.32 Å². The normalized spacial score (nSPS) is 11.0. The van der Waals surface area contributed by atoms with Crippen LogP contribution in [0.15, 0.2) is 82.4 Å². The number of hydrogen-bond donors (Lipinski definition) is 1. The number of aryl methyl sites for hydroxylation is 2. The molecule has 0 radical (unpaired) electrons.